The molecular formula is C47H28N2O2. The predicted octanol–water partition coefficient (Wildman–Crippen LogP) is 12.0. The van der Waals surface area contributed by atoms with Crippen molar-refractivity contribution < 1.29 is 8.83 Å². The van der Waals surface area contributed by atoms with Crippen molar-refractivity contribution in [1.29, 1.82) is 0 Å². The smallest absolute Gasteiger partial charge is 0.161 e. The number of fused-ring (bicyclic) bond motifs is 9. The molecule has 0 atom stereocenters. The van der Waals surface area contributed by atoms with E-state index in [4.69, 9.17) is 18.8 Å². The summed E-state index contributed by atoms with van der Waals surface area (Å²) in [5.41, 5.74) is 13.6. The molecule has 4 nitrogen and oxygen atoms in total. The van der Waals surface area contributed by atoms with Crippen LogP contribution in [0.4, 0.5) is 0 Å². The summed E-state index contributed by atoms with van der Waals surface area (Å²) in [4.78, 5) is 9.86. The highest BCUT2D eigenvalue weighted by atomic mass is 16.3. The monoisotopic (exact) mass is 652 g/mol. The third-order valence-electron chi connectivity index (χ3n) is 10.7. The van der Waals surface area contributed by atoms with Crippen LogP contribution in [0.3, 0.4) is 0 Å². The van der Waals surface area contributed by atoms with Crippen LogP contribution in [0.25, 0.3) is 77.5 Å². The molecule has 11 rings (SSSR count). The fourth-order valence-electron chi connectivity index (χ4n) is 8.50. The number of nitrogens with zero attached hydrogens (tertiary/aromatic N) is 2. The highest BCUT2D eigenvalue weighted by Gasteiger charge is 2.46. The third kappa shape index (κ3) is 3.90. The Bertz CT molecular complexity index is 2770. The van der Waals surface area contributed by atoms with Crippen molar-refractivity contribution in [2.75, 3.05) is 0 Å². The molecule has 0 bridgehead atoms. The van der Waals surface area contributed by atoms with Crippen LogP contribution in [0.1, 0.15) is 22.3 Å². The quantitative estimate of drug-likeness (QED) is 0.190. The van der Waals surface area contributed by atoms with Gasteiger partial charge < -0.3 is 8.83 Å². The van der Waals surface area contributed by atoms with Gasteiger partial charge in [0.2, 0.25) is 0 Å². The molecule has 0 N–H and O–H groups in total. The zero-order valence-electron chi connectivity index (χ0n) is 27.4. The number of hydrogen-bond donors (Lipinski definition) is 0. The second-order valence-electron chi connectivity index (χ2n) is 13.3. The first-order chi connectivity index (χ1) is 25.3. The Kier molecular flexibility index (Phi) is 5.84. The Morgan fingerprint density at radius 2 is 0.824 bits per heavy atom. The fourth-order valence-corrected chi connectivity index (χ4v) is 8.50. The first-order valence-electron chi connectivity index (χ1n) is 17.2. The first-order valence-corrected chi connectivity index (χ1v) is 17.2. The van der Waals surface area contributed by atoms with Gasteiger partial charge in [0.05, 0.1) is 5.41 Å². The average Bonchev–Trinajstić information content (AvgIpc) is 3.86. The lowest BCUT2D eigenvalue weighted by molar-refractivity contribution is 0.668. The van der Waals surface area contributed by atoms with Gasteiger partial charge in [0, 0.05) is 45.1 Å². The minimum atomic E-state index is -0.622. The Balaban J connectivity index is 1.20. The molecule has 51 heavy (non-hydrogen) atoms. The molecule has 6 aromatic carbocycles. The maximum Gasteiger partial charge on any atom is 0.161 e. The molecule has 0 saturated heterocycles. The van der Waals surface area contributed by atoms with Gasteiger partial charge in [0.15, 0.2) is 11.2 Å². The SMILES string of the molecule is c1ccc(C2(c3ccccc3)c3cc(-c4nccc5c4oc4ccccc45)ccc3-c3ccc(-c4nccc5c4oc4ccccc45)cc32)cc1. The van der Waals surface area contributed by atoms with Crippen molar-refractivity contribution in [2.24, 2.45) is 0 Å². The van der Waals surface area contributed by atoms with Crippen molar-refractivity contribution in [2.45, 2.75) is 5.41 Å². The minimum Gasteiger partial charge on any atom is -0.454 e. The van der Waals surface area contributed by atoms with Crippen LogP contribution < -0.4 is 0 Å². The maximum atomic E-state index is 6.48. The van der Waals surface area contributed by atoms with E-state index in [1.54, 1.807) is 0 Å². The number of para-hydroxylation sites is 2. The molecular weight excluding hydrogens is 625 g/mol. The van der Waals surface area contributed by atoms with Gasteiger partial charge in [-0.1, -0.05) is 121 Å². The van der Waals surface area contributed by atoms with E-state index >= 15 is 0 Å². The van der Waals surface area contributed by atoms with E-state index in [0.717, 1.165) is 66.4 Å². The van der Waals surface area contributed by atoms with Crippen molar-refractivity contribution in [3.05, 3.63) is 192 Å². The third-order valence-corrected chi connectivity index (χ3v) is 10.7. The molecule has 4 heteroatoms. The highest BCUT2D eigenvalue weighted by Crippen LogP contribution is 2.57. The van der Waals surface area contributed by atoms with Crippen LogP contribution >= 0.6 is 0 Å². The van der Waals surface area contributed by atoms with E-state index in [0.29, 0.717) is 0 Å². The molecule has 1 aliphatic carbocycles. The lowest BCUT2D eigenvalue weighted by Gasteiger charge is -2.34. The van der Waals surface area contributed by atoms with Crippen LogP contribution in [0, 0.1) is 0 Å². The standard InChI is InChI=1S/C47H28N2O2/c1-3-11-31(12-4-1)47(32-13-5-2-6-14-32)39-27-29(43-45-37(23-25-48-43)35-15-7-9-17-41(35)50-45)19-21-33(39)34-22-20-30(28-40(34)47)44-46-38(24-26-49-44)36-16-8-10-18-42(36)51-46/h1-28H. The number of aromatic nitrogens is 2. The van der Waals surface area contributed by atoms with Gasteiger partial charge in [-0.05, 0) is 69.8 Å². The van der Waals surface area contributed by atoms with Crippen LogP contribution in [0.2, 0.25) is 0 Å². The molecule has 0 amide bonds. The molecule has 0 spiro atoms. The number of benzene rings is 6. The Morgan fingerprint density at radius 3 is 1.29 bits per heavy atom. The summed E-state index contributed by atoms with van der Waals surface area (Å²) >= 11 is 0. The van der Waals surface area contributed by atoms with E-state index in [9.17, 15) is 0 Å². The molecule has 238 valence electrons. The number of furan rings is 2. The van der Waals surface area contributed by atoms with E-state index in [-0.39, 0.29) is 0 Å². The summed E-state index contributed by atoms with van der Waals surface area (Å²) in [7, 11) is 0. The first kappa shape index (κ1) is 28.1. The molecule has 4 heterocycles. The zero-order chi connectivity index (χ0) is 33.5. The van der Waals surface area contributed by atoms with Crippen molar-refractivity contribution >= 4 is 43.9 Å². The Hall–Kier alpha value is -6.78. The molecule has 1 aliphatic rings. The second kappa shape index (κ2) is 10.6. The van der Waals surface area contributed by atoms with Crippen molar-refractivity contribution in [3.8, 4) is 33.6 Å². The summed E-state index contributed by atoms with van der Waals surface area (Å²) in [5.74, 6) is 0. The maximum absolute atomic E-state index is 6.48. The summed E-state index contributed by atoms with van der Waals surface area (Å²) < 4.78 is 13.0. The van der Waals surface area contributed by atoms with Gasteiger partial charge in [-0.3, -0.25) is 9.97 Å². The van der Waals surface area contributed by atoms with Gasteiger partial charge in [0.25, 0.3) is 0 Å². The topological polar surface area (TPSA) is 52.1 Å². The Labute approximate surface area is 293 Å². The van der Waals surface area contributed by atoms with E-state index in [1.807, 2.05) is 48.8 Å². The number of rotatable bonds is 4. The second-order valence-corrected chi connectivity index (χ2v) is 13.3. The average molecular weight is 653 g/mol. The summed E-state index contributed by atoms with van der Waals surface area (Å²) in [6.45, 7) is 0. The molecule has 4 aromatic heterocycles. The van der Waals surface area contributed by atoms with E-state index in [1.165, 1.54) is 33.4 Å². The summed E-state index contributed by atoms with van der Waals surface area (Å²) in [5, 5.41) is 4.31. The van der Waals surface area contributed by atoms with Crippen molar-refractivity contribution in [1.82, 2.24) is 9.97 Å². The summed E-state index contributed by atoms with van der Waals surface area (Å²) in [6.07, 6.45) is 3.78. The van der Waals surface area contributed by atoms with Crippen LogP contribution in [0.15, 0.2) is 179 Å². The lowest BCUT2D eigenvalue weighted by atomic mass is 9.67. The lowest BCUT2D eigenvalue weighted by Crippen LogP contribution is -2.28. The Morgan fingerprint density at radius 1 is 0.392 bits per heavy atom. The number of pyridine rings is 2. The van der Waals surface area contributed by atoms with Gasteiger partial charge in [-0.15, -0.1) is 0 Å². The fraction of sp³-hybridized carbons (Fsp3) is 0.0213. The molecule has 0 aliphatic heterocycles. The largest absolute Gasteiger partial charge is 0.454 e. The predicted molar refractivity (Wildman–Crippen MR) is 205 cm³/mol. The van der Waals surface area contributed by atoms with Gasteiger partial charge in [0.1, 0.15) is 22.6 Å². The van der Waals surface area contributed by atoms with Gasteiger partial charge >= 0.3 is 0 Å². The molecule has 10 aromatic rings. The van der Waals surface area contributed by atoms with Crippen molar-refractivity contribution in [3.63, 3.8) is 0 Å². The normalized spacial score (nSPS) is 13.3. The van der Waals surface area contributed by atoms with Crippen LogP contribution in [-0.4, -0.2) is 9.97 Å². The highest BCUT2D eigenvalue weighted by molar-refractivity contribution is 6.10. The number of hydrogen-bond acceptors (Lipinski definition) is 4. The zero-order valence-corrected chi connectivity index (χ0v) is 27.4. The van der Waals surface area contributed by atoms with Crippen LogP contribution in [0.5, 0.6) is 0 Å². The molecule has 0 fully saturated rings. The molecule has 0 radical (unpaired) electrons. The van der Waals surface area contributed by atoms with Gasteiger partial charge in [-0.2, -0.15) is 0 Å². The van der Waals surface area contributed by atoms with E-state index < -0.39 is 5.41 Å². The summed E-state index contributed by atoms with van der Waals surface area (Å²) in [6, 6.07) is 55.8. The van der Waals surface area contributed by atoms with E-state index in [2.05, 4.69) is 121 Å². The molecule has 0 unspecified atom stereocenters. The van der Waals surface area contributed by atoms with Gasteiger partial charge in [-0.25, -0.2) is 0 Å². The van der Waals surface area contributed by atoms with Crippen LogP contribution in [-0.2, 0) is 5.41 Å². The molecule has 0 saturated carbocycles. The minimum absolute atomic E-state index is 0.622.